The summed E-state index contributed by atoms with van der Waals surface area (Å²) in [5, 5.41) is 2.24. The van der Waals surface area contributed by atoms with Gasteiger partial charge in [0.25, 0.3) is 5.91 Å². The Hall–Kier alpha value is -0.460. The van der Waals surface area contributed by atoms with Gasteiger partial charge in [0.2, 0.25) is 0 Å². The number of carbonyl (C=O) groups is 1. The van der Waals surface area contributed by atoms with Crippen molar-refractivity contribution in [1.82, 2.24) is 5.09 Å². The maximum absolute atomic E-state index is 12.1. The lowest BCUT2D eigenvalue weighted by molar-refractivity contribution is -0.152. The van der Waals surface area contributed by atoms with E-state index in [2.05, 4.69) is 5.09 Å². The van der Waals surface area contributed by atoms with E-state index in [0.29, 0.717) is 0 Å². The minimum absolute atomic E-state index is 0.108. The lowest BCUT2D eigenvalue weighted by Crippen LogP contribution is -2.36. The lowest BCUT2D eigenvalue weighted by atomic mass is 10.4. The minimum atomic E-state index is -3.60. The van der Waals surface area contributed by atoms with Gasteiger partial charge in [0.15, 0.2) is 11.9 Å². The number of hydrogen-bond acceptors (Lipinski definition) is 6. The van der Waals surface area contributed by atoms with Crippen molar-refractivity contribution in [2.75, 3.05) is 19.8 Å². The van der Waals surface area contributed by atoms with Crippen LogP contribution in [-0.4, -0.2) is 37.6 Å². The number of nitrogens with one attached hydrogen (secondary N) is 1. The topological polar surface area (TPSA) is 83.1 Å². The average molecular weight is 281 g/mol. The molecule has 1 fully saturated rings. The lowest BCUT2D eigenvalue weighted by Gasteiger charge is -2.20. The second-order valence-corrected chi connectivity index (χ2v) is 5.86. The molecule has 1 amide bonds. The van der Waals surface area contributed by atoms with Crippen molar-refractivity contribution in [2.24, 2.45) is 0 Å². The molecule has 0 radical (unpaired) electrons. The number of ether oxygens (including phenoxy) is 2. The molecular weight excluding hydrogens is 261 g/mol. The number of carbonyl (C=O) groups excluding carboxylic acids is 1. The van der Waals surface area contributed by atoms with Gasteiger partial charge in [-0.25, -0.2) is 4.57 Å². The summed E-state index contributed by atoms with van der Waals surface area (Å²) < 4.78 is 32.6. The van der Waals surface area contributed by atoms with Crippen molar-refractivity contribution in [3.63, 3.8) is 0 Å². The van der Waals surface area contributed by atoms with Gasteiger partial charge in [0, 0.05) is 0 Å². The maximum Gasteiger partial charge on any atom is 0.434 e. The molecule has 0 aromatic rings. The molecule has 0 spiro atoms. The van der Waals surface area contributed by atoms with Crippen LogP contribution in [0.4, 0.5) is 0 Å². The molecule has 0 aromatic heterocycles. The van der Waals surface area contributed by atoms with Gasteiger partial charge < -0.3 is 9.47 Å². The van der Waals surface area contributed by atoms with E-state index >= 15 is 0 Å². The van der Waals surface area contributed by atoms with Gasteiger partial charge in [-0.3, -0.25) is 18.9 Å². The Balaban J connectivity index is 2.60. The zero-order valence-corrected chi connectivity index (χ0v) is 12.0. The highest BCUT2D eigenvalue weighted by Crippen LogP contribution is 2.43. The smallest absolute Gasteiger partial charge is 0.347 e. The summed E-state index contributed by atoms with van der Waals surface area (Å²) in [7, 11) is -3.60. The Bertz CT molecular complexity index is 335. The Morgan fingerprint density at radius 2 is 1.94 bits per heavy atom. The summed E-state index contributed by atoms with van der Waals surface area (Å²) in [5.74, 6) is -1.38. The summed E-state index contributed by atoms with van der Waals surface area (Å²) in [6.45, 7) is 7.18. The summed E-state index contributed by atoms with van der Waals surface area (Å²) in [5.41, 5.74) is 0. The normalized spacial score (nSPS) is 23.0. The minimum Gasteiger partial charge on any atom is -0.347 e. The Kier molecular flexibility index (Phi) is 5.31. The molecule has 18 heavy (non-hydrogen) atoms. The van der Waals surface area contributed by atoms with E-state index in [1.807, 2.05) is 0 Å². The van der Waals surface area contributed by atoms with Crippen LogP contribution in [0.2, 0.25) is 0 Å². The van der Waals surface area contributed by atoms with E-state index in [9.17, 15) is 9.36 Å². The molecule has 1 saturated heterocycles. The second-order valence-electron chi connectivity index (χ2n) is 4.13. The highest BCUT2D eigenvalue weighted by atomic mass is 31.2. The molecule has 1 atom stereocenters. The van der Waals surface area contributed by atoms with Crippen molar-refractivity contribution in [2.45, 2.75) is 39.6 Å². The van der Waals surface area contributed by atoms with E-state index in [-0.39, 0.29) is 19.8 Å². The molecule has 0 aromatic carbocycles. The molecule has 0 bridgehead atoms. The first-order chi connectivity index (χ1) is 8.32. The molecule has 0 unspecified atom stereocenters. The fraction of sp³-hybridized carbons (Fsp3) is 0.900. The van der Waals surface area contributed by atoms with Crippen LogP contribution in [-0.2, 0) is 27.9 Å². The zero-order valence-electron chi connectivity index (χ0n) is 11.1. The molecule has 1 aliphatic heterocycles. The van der Waals surface area contributed by atoms with E-state index in [0.717, 1.165) is 0 Å². The third-order valence-corrected chi connectivity index (χ3v) is 3.84. The SMILES string of the molecule is CCOP(=O)(NC(=O)[C@H]1COC(C)(C)O1)OCC. The molecule has 0 aliphatic carbocycles. The predicted octanol–water partition coefficient (Wildman–Crippen LogP) is 1.44. The van der Waals surface area contributed by atoms with E-state index in [1.165, 1.54) is 0 Å². The first-order valence-electron chi connectivity index (χ1n) is 5.85. The van der Waals surface area contributed by atoms with Crippen LogP contribution in [0.1, 0.15) is 27.7 Å². The van der Waals surface area contributed by atoms with Crippen molar-refractivity contribution >= 4 is 13.7 Å². The summed E-state index contributed by atoms with van der Waals surface area (Å²) in [6.07, 6.45) is -0.811. The van der Waals surface area contributed by atoms with E-state index < -0.39 is 25.5 Å². The number of amides is 1. The summed E-state index contributed by atoms with van der Waals surface area (Å²) in [4.78, 5) is 11.9. The molecule has 1 aliphatic rings. The van der Waals surface area contributed by atoms with Crippen molar-refractivity contribution in [1.29, 1.82) is 0 Å². The fourth-order valence-corrected chi connectivity index (χ4v) is 2.76. The first-order valence-corrected chi connectivity index (χ1v) is 7.39. The zero-order chi connectivity index (χ0) is 13.8. The van der Waals surface area contributed by atoms with E-state index in [4.69, 9.17) is 18.5 Å². The van der Waals surface area contributed by atoms with E-state index in [1.54, 1.807) is 27.7 Å². The van der Waals surface area contributed by atoms with Gasteiger partial charge in [0.1, 0.15) is 0 Å². The van der Waals surface area contributed by atoms with Crippen LogP contribution in [0, 0.1) is 0 Å². The second kappa shape index (κ2) is 6.12. The monoisotopic (exact) mass is 281 g/mol. The number of rotatable bonds is 6. The molecule has 8 heteroatoms. The van der Waals surface area contributed by atoms with Gasteiger partial charge in [-0.1, -0.05) is 0 Å². The molecule has 106 valence electrons. The highest BCUT2D eigenvalue weighted by Gasteiger charge is 2.39. The Morgan fingerprint density at radius 3 is 2.33 bits per heavy atom. The van der Waals surface area contributed by atoms with Gasteiger partial charge in [0.05, 0.1) is 19.8 Å². The maximum atomic E-state index is 12.1. The standard InChI is InChI=1S/C10H20NO6P/c1-5-15-18(13,16-6-2)11-9(12)8-7-14-10(3,4)17-8/h8H,5-7H2,1-4H3,(H,11,12,13)/t8-/m1/s1. The van der Waals surface area contributed by atoms with Crippen LogP contribution in [0.3, 0.4) is 0 Å². The molecule has 1 heterocycles. The van der Waals surface area contributed by atoms with Gasteiger partial charge in [-0.2, -0.15) is 0 Å². The van der Waals surface area contributed by atoms with Crippen LogP contribution < -0.4 is 5.09 Å². The van der Waals surface area contributed by atoms with Crippen molar-refractivity contribution in [3.05, 3.63) is 0 Å². The van der Waals surface area contributed by atoms with Gasteiger partial charge in [-0.05, 0) is 27.7 Å². The van der Waals surface area contributed by atoms with Crippen LogP contribution >= 0.6 is 7.75 Å². The van der Waals surface area contributed by atoms with Crippen molar-refractivity contribution in [3.8, 4) is 0 Å². The number of hydrogen-bond donors (Lipinski definition) is 1. The Morgan fingerprint density at radius 1 is 1.39 bits per heavy atom. The molecule has 1 N–H and O–H groups in total. The highest BCUT2D eigenvalue weighted by molar-refractivity contribution is 7.52. The Labute approximate surface area is 107 Å². The molecule has 1 rings (SSSR count). The summed E-state index contributed by atoms with van der Waals surface area (Å²) in [6, 6.07) is 0. The molecular formula is C10H20NO6P. The van der Waals surface area contributed by atoms with Crippen LogP contribution in [0.5, 0.6) is 0 Å². The fourth-order valence-electron chi connectivity index (χ4n) is 1.46. The van der Waals surface area contributed by atoms with Gasteiger partial charge in [-0.15, -0.1) is 0 Å². The largest absolute Gasteiger partial charge is 0.434 e. The van der Waals surface area contributed by atoms with Crippen molar-refractivity contribution < 1.29 is 27.9 Å². The molecule has 0 saturated carbocycles. The first kappa shape index (κ1) is 15.6. The van der Waals surface area contributed by atoms with Crippen LogP contribution in [0.25, 0.3) is 0 Å². The van der Waals surface area contributed by atoms with Gasteiger partial charge >= 0.3 is 7.75 Å². The average Bonchev–Trinajstić information content (AvgIpc) is 2.59. The summed E-state index contributed by atoms with van der Waals surface area (Å²) >= 11 is 0. The third kappa shape index (κ3) is 4.33. The predicted molar refractivity (Wildman–Crippen MR) is 63.9 cm³/mol. The van der Waals surface area contributed by atoms with Crippen LogP contribution in [0.15, 0.2) is 0 Å². The quantitative estimate of drug-likeness (QED) is 0.742. The third-order valence-electron chi connectivity index (χ3n) is 2.15. The molecule has 7 nitrogen and oxygen atoms in total.